The number of nitrogens with zero attached hydrogens (tertiary/aromatic N) is 4. The van der Waals surface area contributed by atoms with Crippen molar-refractivity contribution < 1.29 is 4.79 Å². The fourth-order valence-electron chi connectivity index (χ4n) is 4.04. The molecule has 7 heteroatoms. The molecule has 2 heterocycles. The van der Waals surface area contributed by atoms with Gasteiger partial charge in [0.15, 0.2) is 0 Å². The number of anilines is 1. The second-order valence-electron chi connectivity index (χ2n) is 8.92. The second kappa shape index (κ2) is 7.89. The van der Waals surface area contributed by atoms with E-state index in [4.69, 9.17) is 4.98 Å². The Morgan fingerprint density at radius 3 is 2.77 bits per heavy atom. The minimum absolute atomic E-state index is 0.0239. The van der Waals surface area contributed by atoms with E-state index in [0.29, 0.717) is 11.6 Å². The molecule has 0 saturated carbocycles. The van der Waals surface area contributed by atoms with E-state index < -0.39 is 0 Å². The van der Waals surface area contributed by atoms with Gasteiger partial charge in [0, 0.05) is 31.0 Å². The molecule has 0 radical (unpaired) electrons. The predicted molar refractivity (Wildman–Crippen MR) is 116 cm³/mol. The highest BCUT2D eigenvalue weighted by molar-refractivity contribution is 5.92. The van der Waals surface area contributed by atoms with Gasteiger partial charge in [-0.1, -0.05) is 44.2 Å². The fourth-order valence-corrected chi connectivity index (χ4v) is 4.04. The Labute approximate surface area is 176 Å². The normalized spacial score (nSPS) is 17.3. The van der Waals surface area contributed by atoms with Gasteiger partial charge in [0.25, 0.3) is 5.91 Å². The molecule has 7 nitrogen and oxygen atoms in total. The molecule has 0 bridgehead atoms. The topological polar surface area (TPSA) is 86.8 Å². The van der Waals surface area contributed by atoms with Crippen molar-refractivity contribution in [3.05, 3.63) is 70.8 Å². The van der Waals surface area contributed by atoms with E-state index in [1.54, 1.807) is 6.07 Å². The Hall–Kier alpha value is -3.22. The summed E-state index contributed by atoms with van der Waals surface area (Å²) < 4.78 is 0. The molecule has 0 spiro atoms. The minimum Gasteiger partial charge on any atom is -0.344 e. The van der Waals surface area contributed by atoms with E-state index in [1.165, 1.54) is 5.56 Å². The average molecular weight is 405 g/mol. The quantitative estimate of drug-likeness (QED) is 0.679. The number of aromatic amines is 1. The first kappa shape index (κ1) is 20.1. The number of aryl methyl sites for hydroxylation is 1. The molecular weight excluding hydrogens is 376 g/mol. The Bertz CT molecular complexity index is 1040. The summed E-state index contributed by atoms with van der Waals surface area (Å²) in [5, 5.41) is 10.0. The van der Waals surface area contributed by atoms with Gasteiger partial charge >= 0.3 is 0 Å². The molecule has 30 heavy (non-hydrogen) atoms. The summed E-state index contributed by atoms with van der Waals surface area (Å²) in [5.41, 5.74) is 4.49. The highest BCUT2D eigenvalue weighted by Gasteiger charge is 2.35. The van der Waals surface area contributed by atoms with Crippen molar-refractivity contribution in [2.75, 3.05) is 11.9 Å². The van der Waals surface area contributed by atoms with Crippen LogP contribution < -0.4 is 10.2 Å². The van der Waals surface area contributed by atoms with Crippen molar-refractivity contribution in [2.45, 2.75) is 46.2 Å². The van der Waals surface area contributed by atoms with Gasteiger partial charge in [-0.2, -0.15) is 5.10 Å². The van der Waals surface area contributed by atoms with Gasteiger partial charge in [-0.15, -0.1) is 0 Å². The number of hydrogen-bond donors (Lipinski definition) is 2. The number of hydrogen-bond acceptors (Lipinski definition) is 5. The van der Waals surface area contributed by atoms with Gasteiger partial charge in [-0.05, 0) is 36.8 Å². The molecule has 2 N–H and O–H groups in total. The maximum absolute atomic E-state index is 12.7. The Balaban J connectivity index is 1.57. The lowest BCUT2D eigenvalue weighted by atomic mass is 9.74. The van der Waals surface area contributed by atoms with Gasteiger partial charge in [-0.3, -0.25) is 9.89 Å². The summed E-state index contributed by atoms with van der Waals surface area (Å²) in [7, 11) is 2.00. The van der Waals surface area contributed by atoms with E-state index >= 15 is 0 Å². The number of carbonyl (C=O) groups excluding carboxylic acids is 1. The van der Waals surface area contributed by atoms with E-state index in [0.717, 1.165) is 36.3 Å². The smallest absolute Gasteiger partial charge is 0.272 e. The standard InChI is InChI=1S/C23H28N6O/c1-15-10-18(28-27-15)21(30)25-19-11-23(2,3)12-20-17(19)13-24-22(26-20)29(4)14-16-8-6-5-7-9-16/h5-10,13,19H,11-12,14H2,1-4H3,(H,25,30)(H,27,28)/t19-/m1/s1. The lowest BCUT2D eigenvalue weighted by Crippen LogP contribution is -2.37. The molecule has 0 saturated heterocycles. The Morgan fingerprint density at radius 2 is 2.07 bits per heavy atom. The molecule has 1 aliphatic carbocycles. The van der Waals surface area contributed by atoms with E-state index in [1.807, 2.05) is 38.4 Å². The van der Waals surface area contributed by atoms with E-state index in [2.05, 4.69) is 51.4 Å². The molecule has 1 amide bonds. The monoisotopic (exact) mass is 404 g/mol. The van der Waals surface area contributed by atoms with Gasteiger partial charge < -0.3 is 10.2 Å². The first-order valence-corrected chi connectivity index (χ1v) is 10.2. The largest absolute Gasteiger partial charge is 0.344 e. The fraction of sp³-hybridized carbons (Fsp3) is 0.391. The minimum atomic E-state index is -0.182. The van der Waals surface area contributed by atoms with Crippen LogP contribution in [0.3, 0.4) is 0 Å². The van der Waals surface area contributed by atoms with Crippen LogP contribution in [0.2, 0.25) is 0 Å². The van der Waals surface area contributed by atoms with Crippen molar-refractivity contribution in [3.8, 4) is 0 Å². The van der Waals surface area contributed by atoms with Crippen LogP contribution in [0.1, 0.15) is 59.3 Å². The molecule has 1 aromatic carbocycles. The number of benzene rings is 1. The lowest BCUT2D eigenvalue weighted by Gasteiger charge is -2.36. The maximum Gasteiger partial charge on any atom is 0.272 e. The van der Waals surface area contributed by atoms with Gasteiger partial charge in [0.2, 0.25) is 5.95 Å². The molecule has 3 aromatic rings. The van der Waals surface area contributed by atoms with Crippen molar-refractivity contribution in [3.63, 3.8) is 0 Å². The number of nitrogens with one attached hydrogen (secondary N) is 2. The molecule has 1 atom stereocenters. The predicted octanol–water partition coefficient (Wildman–Crippen LogP) is 3.59. The van der Waals surface area contributed by atoms with Crippen molar-refractivity contribution in [1.29, 1.82) is 0 Å². The number of rotatable bonds is 5. The Morgan fingerprint density at radius 1 is 1.30 bits per heavy atom. The number of H-pyrrole nitrogens is 1. The van der Waals surface area contributed by atoms with E-state index in [9.17, 15) is 4.79 Å². The van der Waals surface area contributed by atoms with Crippen LogP contribution in [0.15, 0.2) is 42.6 Å². The van der Waals surface area contributed by atoms with Crippen LogP contribution in [-0.2, 0) is 13.0 Å². The third-order valence-corrected chi connectivity index (χ3v) is 5.51. The first-order chi connectivity index (χ1) is 14.3. The van der Waals surface area contributed by atoms with Crippen LogP contribution >= 0.6 is 0 Å². The number of fused-ring (bicyclic) bond motifs is 1. The van der Waals surface area contributed by atoms with Gasteiger partial charge in [0.1, 0.15) is 5.69 Å². The second-order valence-corrected chi connectivity index (χ2v) is 8.92. The molecule has 4 rings (SSSR count). The lowest BCUT2D eigenvalue weighted by molar-refractivity contribution is 0.0914. The van der Waals surface area contributed by atoms with Crippen LogP contribution in [0.4, 0.5) is 5.95 Å². The third kappa shape index (κ3) is 4.35. The zero-order valence-corrected chi connectivity index (χ0v) is 17.9. The van der Waals surface area contributed by atoms with Crippen LogP contribution in [0.5, 0.6) is 0 Å². The summed E-state index contributed by atoms with van der Waals surface area (Å²) in [6.45, 7) is 7.04. The van der Waals surface area contributed by atoms with Crippen LogP contribution in [0, 0.1) is 12.3 Å². The highest BCUT2D eigenvalue weighted by atomic mass is 16.2. The summed E-state index contributed by atoms with van der Waals surface area (Å²) in [6.07, 6.45) is 3.55. The zero-order chi connectivity index (χ0) is 21.3. The zero-order valence-electron chi connectivity index (χ0n) is 17.9. The SMILES string of the molecule is Cc1cc(C(=O)N[C@@H]2CC(C)(C)Cc3nc(N(C)Cc4ccccc4)ncc32)n[nH]1. The Kier molecular flexibility index (Phi) is 5.28. The molecule has 156 valence electrons. The summed E-state index contributed by atoms with van der Waals surface area (Å²) in [5.74, 6) is 0.515. The summed E-state index contributed by atoms with van der Waals surface area (Å²) in [4.78, 5) is 24.2. The average Bonchev–Trinajstić information content (AvgIpc) is 3.14. The summed E-state index contributed by atoms with van der Waals surface area (Å²) in [6, 6.07) is 11.9. The highest BCUT2D eigenvalue weighted by Crippen LogP contribution is 2.40. The molecule has 0 unspecified atom stereocenters. The molecule has 2 aromatic heterocycles. The summed E-state index contributed by atoms with van der Waals surface area (Å²) >= 11 is 0. The number of carbonyl (C=O) groups is 1. The van der Waals surface area contributed by atoms with Gasteiger partial charge in [0.05, 0.1) is 11.7 Å². The van der Waals surface area contributed by atoms with Crippen LogP contribution in [-0.4, -0.2) is 33.1 Å². The van der Waals surface area contributed by atoms with Crippen molar-refractivity contribution >= 4 is 11.9 Å². The molecule has 0 aliphatic heterocycles. The molecular formula is C23H28N6O. The van der Waals surface area contributed by atoms with Crippen LogP contribution in [0.25, 0.3) is 0 Å². The third-order valence-electron chi connectivity index (χ3n) is 5.51. The first-order valence-electron chi connectivity index (χ1n) is 10.2. The molecule has 1 aliphatic rings. The van der Waals surface area contributed by atoms with E-state index in [-0.39, 0.29) is 17.4 Å². The molecule has 0 fully saturated rings. The van der Waals surface area contributed by atoms with Gasteiger partial charge in [-0.25, -0.2) is 9.97 Å². The van der Waals surface area contributed by atoms with Crippen molar-refractivity contribution in [2.24, 2.45) is 5.41 Å². The van der Waals surface area contributed by atoms with Crippen molar-refractivity contribution in [1.82, 2.24) is 25.5 Å². The number of amides is 1. The maximum atomic E-state index is 12.7. The number of aromatic nitrogens is 4.